The van der Waals surface area contributed by atoms with Crippen molar-refractivity contribution in [2.45, 2.75) is 32.2 Å². The number of anilines is 1. The van der Waals surface area contributed by atoms with Crippen molar-refractivity contribution < 1.29 is 18.7 Å². The number of nitrogens with one attached hydrogen (secondary N) is 1. The Kier molecular flexibility index (Phi) is 4.68. The van der Waals surface area contributed by atoms with E-state index in [2.05, 4.69) is 10.2 Å². The van der Waals surface area contributed by atoms with Gasteiger partial charge in [0.2, 0.25) is 5.43 Å². The summed E-state index contributed by atoms with van der Waals surface area (Å²) in [4.78, 5) is 25.8. The third-order valence-electron chi connectivity index (χ3n) is 5.53. The van der Waals surface area contributed by atoms with Gasteiger partial charge in [-0.1, -0.05) is 6.07 Å². The van der Waals surface area contributed by atoms with Crippen LogP contribution in [-0.4, -0.2) is 29.8 Å². The molecule has 1 saturated heterocycles. The zero-order valence-corrected chi connectivity index (χ0v) is 16.4. The third-order valence-corrected chi connectivity index (χ3v) is 5.53. The van der Waals surface area contributed by atoms with E-state index in [1.165, 1.54) is 12.1 Å². The summed E-state index contributed by atoms with van der Waals surface area (Å²) in [6.45, 7) is 5.37. The first-order valence-electron chi connectivity index (χ1n) is 9.65. The number of carbonyl (C=O) groups is 1. The van der Waals surface area contributed by atoms with Crippen molar-refractivity contribution >= 4 is 33.7 Å². The highest BCUT2D eigenvalue weighted by Gasteiger charge is 2.30. The second kappa shape index (κ2) is 7.06. The van der Waals surface area contributed by atoms with Crippen molar-refractivity contribution in [2.24, 2.45) is 5.92 Å². The summed E-state index contributed by atoms with van der Waals surface area (Å²) in [7, 11) is 0. The molecule has 152 valence electrons. The number of nitrogens with zero attached hydrogens (tertiary/aromatic N) is 1. The number of halogens is 1. The first-order valence-corrected chi connectivity index (χ1v) is 9.65. The molecular formula is C22H23FN2O4. The van der Waals surface area contributed by atoms with Crippen molar-refractivity contribution in [3.8, 4) is 0 Å². The number of carboxylic acid groups (broad SMARTS) is 1. The average molecular weight is 398 g/mol. The van der Waals surface area contributed by atoms with Gasteiger partial charge in [0.1, 0.15) is 5.58 Å². The highest BCUT2D eigenvalue weighted by Crippen LogP contribution is 2.31. The normalized spacial score (nSPS) is 17.2. The van der Waals surface area contributed by atoms with Crippen LogP contribution in [0.1, 0.15) is 26.7 Å². The summed E-state index contributed by atoms with van der Waals surface area (Å²) >= 11 is 0. The molecule has 1 fully saturated rings. The molecular weight excluding hydrogens is 375 g/mol. The van der Waals surface area contributed by atoms with Crippen LogP contribution in [-0.2, 0) is 0 Å². The quantitative estimate of drug-likeness (QED) is 0.639. The van der Waals surface area contributed by atoms with Crippen LogP contribution in [0.3, 0.4) is 0 Å². The van der Waals surface area contributed by atoms with Crippen molar-refractivity contribution in [3.05, 3.63) is 52.4 Å². The van der Waals surface area contributed by atoms with Gasteiger partial charge < -0.3 is 19.7 Å². The van der Waals surface area contributed by atoms with E-state index in [1.807, 2.05) is 19.9 Å². The van der Waals surface area contributed by atoms with Crippen molar-refractivity contribution in [1.29, 1.82) is 0 Å². The summed E-state index contributed by atoms with van der Waals surface area (Å²) < 4.78 is 19.8. The average Bonchev–Trinajstić information content (AvgIpc) is 3.09. The molecule has 1 amide bonds. The fourth-order valence-electron chi connectivity index (χ4n) is 4.32. The molecule has 0 bridgehead atoms. The minimum Gasteiger partial charge on any atom is -0.465 e. The van der Waals surface area contributed by atoms with Crippen molar-refractivity contribution in [3.63, 3.8) is 0 Å². The van der Waals surface area contributed by atoms with E-state index in [1.54, 1.807) is 18.2 Å². The Morgan fingerprint density at radius 1 is 1.31 bits per heavy atom. The molecule has 0 aliphatic carbocycles. The highest BCUT2D eigenvalue weighted by molar-refractivity contribution is 5.91. The van der Waals surface area contributed by atoms with Crippen molar-refractivity contribution in [2.75, 3.05) is 18.0 Å². The van der Waals surface area contributed by atoms with Crippen LogP contribution in [0.2, 0.25) is 0 Å². The lowest BCUT2D eigenvalue weighted by Crippen LogP contribution is -2.44. The molecule has 2 heterocycles. The van der Waals surface area contributed by atoms with E-state index < -0.39 is 17.4 Å². The van der Waals surface area contributed by atoms with Gasteiger partial charge in [-0.15, -0.1) is 0 Å². The molecule has 29 heavy (non-hydrogen) atoms. The van der Waals surface area contributed by atoms with Gasteiger partial charge in [-0.05, 0) is 56.9 Å². The van der Waals surface area contributed by atoms with E-state index in [-0.39, 0.29) is 16.4 Å². The van der Waals surface area contributed by atoms with Crippen LogP contribution in [0.4, 0.5) is 14.9 Å². The van der Waals surface area contributed by atoms with Gasteiger partial charge in [0, 0.05) is 30.4 Å². The summed E-state index contributed by atoms with van der Waals surface area (Å²) in [5.74, 6) is -0.213. The fourth-order valence-corrected chi connectivity index (χ4v) is 4.32. The van der Waals surface area contributed by atoms with Gasteiger partial charge in [0.25, 0.3) is 0 Å². The largest absolute Gasteiger partial charge is 0.465 e. The fraction of sp³-hybridized carbons (Fsp3) is 0.364. The second-order valence-electron chi connectivity index (χ2n) is 8.35. The molecule has 0 unspecified atom stereocenters. The number of fused-ring (bicyclic) bond motifs is 2. The number of benzene rings is 2. The number of para-hydroxylation sites is 1. The number of hydrogen-bond acceptors (Lipinski definition) is 4. The lowest BCUT2D eigenvalue weighted by molar-refractivity contribution is 0.177. The molecule has 0 spiro atoms. The SMILES string of the molecule is CC(C)(C[C@@H]1CCN(c2ccc3c(=O)c4cccc(F)c4oc3c2)C1)NC(=O)O. The molecule has 2 N–H and O–H groups in total. The molecule has 1 atom stereocenters. The van der Waals surface area contributed by atoms with Gasteiger partial charge >= 0.3 is 6.09 Å². The van der Waals surface area contributed by atoms with E-state index in [9.17, 15) is 14.0 Å². The lowest BCUT2D eigenvalue weighted by atomic mass is 9.90. The Hall–Kier alpha value is -3.09. The lowest BCUT2D eigenvalue weighted by Gasteiger charge is -2.28. The number of rotatable bonds is 4. The zero-order chi connectivity index (χ0) is 20.8. The van der Waals surface area contributed by atoms with Crippen LogP contribution in [0.25, 0.3) is 21.9 Å². The summed E-state index contributed by atoms with van der Waals surface area (Å²) in [5, 5.41) is 12.2. The smallest absolute Gasteiger partial charge is 0.405 e. The van der Waals surface area contributed by atoms with Gasteiger partial charge in [-0.25, -0.2) is 9.18 Å². The summed E-state index contributed by atoms with van der Waals surface area (Å²) in [6, 6.07) is 9.73. The van der Waals surface area contributed by atoms with E-state index in [0.29, 0.717) is 16.9 Å². The van der Waals surface area contributed by atoms with E-state index >= 15 is 0 Å². The number of amides is 1. The predicted octanol–water partition coefficient (Wildman–Crippen LogP) is 4.35. The molecule has 6 nitrogen and oxygen atoms in total. The highest BCUT2D eigenvalue weighted by atomic mass is 19.1. The Labute approximate surface area is 166 Å². The van der Waals surface area contributed by atoms with Crippen LogP contribution >= 0.6 is 0 Å². The van der Waals surface area contributed by atoms with Crippen LogP contribution < -0.4 is 15.6 Å². The Morgan fingerprint density at radius 3 is 2.86 bits per heavy atom. The Bertz CT molecular complexity index is 1150. The number of hydrogen-bond donors (Lipinski definition) is 2. The molecule has 7 heteroatoms. The van der Waals surface area contributed by atoms with Gasteiger partial charge in [0.15, 0.2) is 11.4 Å². The van der Waals surface area contributed by atoms with Gasteiger partial charge in [-0.2, -0.15) is 0 Å². The van der Waals surface area contributed by atoms with E-state index in [4.69, 9.17) is 9.52 Å². The van der Waals surface area contributed by atoms with Crippen LogP contribution in [0.15, 0.2) is 45.6 Å². The molecule has 1 aliphatic heterocycles. The molecule has 1 aliphatic rings. The minimum atomic E-state index is -1.02. The molecule has 4 rings (SSSR count). The topological polar surface area (TPSA) is 82.8 Å². The summed E-state index contributed by atoms with van der Waals surface area (Å²) in [6.07, 6.45) is 0.654. The minimum absolute atomic E-state index is 0.0251. The molecule has 0 radical (unpaired) electrons. The second-order valence-corrected chi connectivity index (χ2v) is 8.35. The molecule has 2 aromatic carbocycles. The first kappa shape index (κ1) is 19.2. The Balaban J connectivity index is 1.60. The maximum Gasteiger partial charge on any atom is 0.405 e. The molecule has 3 aromatic rings. The van der Waals surface area contributed by atoms with Gasteiger partial charge in [0.05, 0.1) is 10.8 Å². The molecule has 1 aromatic heterocycles. The summed E-state index contributed by atoms with van der Waals surface area (Å²) in [5.41, 5.74) is 0.499. The zero-order valence-electron chi connectivity index (χ0n) is 16.4. The Morgan fingerprint density at radius 2 is 2.10 bits per heavy atom. The van der Waals surface area contributed by atoms with E-state index in [0.717, 1.165) is 31.6 Å². The predicted molar refractivity (Wildman–Crippen MR) is 110 cm³/mol. The standard InChI is InChI=1S/C22H23FN2O4/c1-22(2,24-21(27)28)11-13-8-9-25(12-13)14-6-7-15-18(10-14)29-20-16(19(15)26)4-3-5-17(20)23/h3-7,10,13,24H,8-9,11-12H2,1-2H3,(H,27,28)/t13-/m0/s1. The van der Waals surface area contributed by atoms with Gasteiger partial charge in [-0.3, -0.25) is 4.79 Å². The van der Waals surface area contributed by atoms with Crippen LogP contribution in [0.5, 0.6) is 0 Å². The van der Waals surface area contributed by atoms with Crippen LogP contribution in [0, 0.1) is 11.7 Å². The first-order chi connectivity index (χ1) is 13.7. The van der Waals surface area contributed by atoms with Crippen molar-refractivity contribution in [1.82, 2.24) is 5.32 Å². The maximum absolute atomic E-state index is 14.1. The monoisotopic (exact) mass is 398 g/mol. The maximum atomic E-state index is 14.1. The third kappa shape index (κ3) is 3.77. The molecule has 0 saturated carbocycles.